The summed E-state index contributed by atoms with van der Waals surface area (Å²) in [5.74, 6) is -0.129. The summed E-state index contributed by atoms with van der Waals surface area (Å²) in [6.45, 7) is 4.80. The van der Waals surface area contributed by atoms with Gasteiger partial charge in [-0.1, -0.05) is 204 Å². The van der Waals surface area contributed by atoms with Crippen molar-refractivity contribution in [2.24, 2.45) is 0 Å². The van der Waals surface area contributed by atoms with Crippen LogP contribution in [0.4, 0.5) is 0 Å². The van der Waals surface area contributed by atoms with Crippen LogP contribution in [0.15, 0.2) is 48.6 Å². The first-order valence-electron chi connectivity index (χ1n) is 25.4. The Hall–Kier alpha value is -2.18. The normalized spacial score (nSPS) is 13.1. The highest BCUT2D eigenvalue weighted by Gasteiger charge is 2.18. The number of hydrogen-bond donors (Lipinski definition) is 3. The van der Waals surface area contributed by atoms with Crippen molar-refractivity contribution in [2.75, 3.05) is 13.2 Å². The number of esters is 1. The number of rotatable bonds is 46. The van der Waals surface area contributed by atoms with Gasteiger partial charge in [-0.3, -0.25) is 9.59 Å². The van der Waals surface area contributed by atoms with Gasteiger partial charge in [-0.25, -0.2) is 0 Å². The quantitative estimate of drug-likeness (QED) is 0.0323. The SMILES string of the molecule is CCCC/C=C\C/C=C\CCCCCCCC(=O)OCCCCCCCC/C=C\CCCCCC(=O)NC(CO)C(O)/C=C/CCCCCCCCCCCCCCC. The van der Waals surface area contributed by atoms with E-state index in [9.17, 15) is 19.8 Å². The molecule has 0 aromatic carbocycles. The van der Waals surface area contributed by atoms with Crippen molar-refractivity contribution in [3.8, 4) is 0 Å². The standard InChI is InChI=1S/C53H97NO5/c1-3-5-7-9-11-13-15-17-19-21-25-29-33-37-41-45-51(56)50(49-55)54-52(57)46-42-38-34-30-26-22-20-24-28-32-36-40-44-48-59-53(58)47-43-39-35-31-27-23-18-16-14-12-10-8-6-4-2/h10,12,16,18,22,26,41,45,50-51,55-56H,3-9,11,13-15,17,19-21,23-25,27-40,42-44,46-49H2,1-2H3,(H,54,57)/b12-10-,18-16-,26-22-,45-41+. The van der Waals surface area contributed by atoms with Crippen LogP contribution in [0, 0.1) is 0 Å². The van der Waals surface area contributed by atoms with Gasteiger partial charge in [0.05, 0.1) is 25.4 Å². The van der Waals surface area contributed by atoms with E-state index in [2.05, 4.69) is 55.6 Å². The number of carbonyl (C=O) groups excluding carboxylic acids is 2. The highest BCUT2D eigenvalue weighted by molar-refractivity contribution is 5.76. The number of allylic oxidation sites excluding steroid dienone is 7. The zero-order valence-corrected chi connectivity index (χ0v) is 39.0. The van der Waals surface area contributed by atoms with Crippen molar-refractivity contribution in [2.45, 2.75) is 264 Å². The van der Waals surface area contributed by atoms with E-state index in [0.717, 1.165) is 83.5 Å². The Bertz CT molecular complexity index is 1000. The minimum absolute atomic E-state index is 0.0296. The fraction of sp³-hybridized carbons (Fsp3) is 0.811. The zero-order valence-electron chi connectivity index (χ0n) is 39.0. The first kappa shape index (κ1) is 56.8. The van der Waals surface area contributed by atoms with Gasteiger partial charge in [0.1, 0.15) is 0 Å². The first-order chi connectivity index (χ1) is 29.0. The molecule has 0 radical (unpaired) electrons. The van der Waals surface area contributed by atoms with Crippen LogP contribution in [0.3, 0.4) is 0 Å². The number of carbonyl (C=O) groups is 2. The highest BCUT2D eigenvalue weighted by Crippen LogP contribution is 2.14. The zero-order chi connectivity index (χ0) is 43.0. The fourth-order valence-electron chi connectivity index (χ4n) is 7.35. The minimum Gasteiger partial charge on any atom is -0.466 e. The maximum atomic E-state index is 12.4. The van der Waals surface area contributed by atoms with Gasteiger partial charge in [-0.2, -0.15) is 0 Å². The molecular formula is C53H97NO5. The Labute approximate surface area is 366 Å². The lowest BCUT2D eigenvalue weighted by Gasteiger charge is -2.19. The molecular weight excluding hydrogens is 731 g/mol. The second kappa shape index (κ2) is 48.5. The van der Waals surface area contributed by atoms with Gasteiger partial charge in [0.2, 0.25) is 5.91 Å². The second-order valence-electron chi connectivity index (χ2n) is 17.1. The molecule has 3 N–H and O–H groups in total. The third-order valence-electron chi connectivity index (χ3n) is 11.3. The monoisotopic (exact) mass is 828 g/mol. The van der Waals surface area contributed by atoms with Crippen molar-refractivity contribution in [3.05, 3.63) is 48.6 Å². The van der Waals surface area contributed by atoms with E-state index in [1.807, 2.05) is 6.08 Å². The molecule has 0 aromatic heterocycles. The summed E-state index contributed by atoms with van der Waals surface area (Å²) in [6, 6.07) is -0.649. The summed E-state index contributed by atoms with van der Waals surface area (Å²) in [4.78, 5) is 24.4. The van der Waals surface area contributed by atoms with E-state index in [-0.39, 0.29) is 18.5 Å². The highest BCUT2D eigenvalue weighted by atomic mass is 16.5. The molecule has 0 fully saturated rings. The Balaban J connectivity index is 3.56. The Morgan fingerprint density at radius 2 is 0.864 bits per heavy atom. The molecule has 344 valence electrons. The maximum Gasteiger partial charge on any atom is 0.305 e. The van der Waals surface area contributed by atoms with Crippen LogP contribution in [0.1, 0.15) is 251 Å². The molecule has 0 aliphatic carbocycles. The molecule has 1 amide bonds. The molecule has 0 bridgehead atoms. The van der Waals surface area contributed by atoms with Crippen LogP contribution in [0.2, 0.25) is 0 Å². The first-order valence-corrected chi connectivity index (χ1v) is 25.4. The molecule has 2 atom stereocenters. The predicted octanol–water partition coefficient (Wildman–Crippen LogP) is 15.1. The van der Waals surface area contributed by atoms with Gasteiger partial charge >= 0.3 is 5.97 Å². The summed E-state index contributed by atoms with van der Waals surface area (Å²) in [5.41, 5.74) is 0. The van der Waals surface area contributed by atoms with Gasteiger partial charge in [-0.05, 0) is 83.5 Å². The maximum absolute atomic E-state index is 12.4. The Morgan fingerprint density at radius 1 is 0.475 bits per heavy atom. The van der Waals surface area contributed by atoms with Crippen LogP contribution in [0.25, 0.3) is 0 Å². The smallest absolute Gasteiger partial charge is 0.305 e. The molecule has 6 nitrogen and oxygen atoms in total. The van der Waals surface area contributed by atoms with E-state index in [1.54, 1.807) is 6.08 Å². The summed E-state index contributed by atoms with van der Waals surface area (Å²) in [6.07, 6.45) is 59.6. The molecule has 0 heterocycles. The lowest BCUT2D eigenvalue weighted by Crippen LogP contribution is -2.45. The number of aliphatic hydroxyl groups is 2. The second-order valence-corrected chi connectivity index (χ2v) is 17.1. The molecule has 2 unspecified atom stereocenters. The van der Waals surface area contributed by atoms with Crippen molar-refractivity contribution in [1.82, 2.24) is 5.32 Å². The molecule has 0 spiro atoms. The van der Waals surface area contributed by atoms with Crippen LogP contribution >= 0.6 is 0 Å². The van der Waals surface area contributed by atoms with E-state index in [1.165, 1.54) is 141 Å². The number of hydrogen-bond acceptors (Lipinski definition) is 5. The third kappa shape index (κ3) is 45.2. The number of unbranched alkanes of at least 4 members (excludes halogenated alkanes) is 29. The van der Waals surface area contributed by atoms with Crippen LogP contribution < -0.4 is 5.32 Å². The van der Waals surface area contributed by atoms with Crippen molar-refractivity contribution >= 4 is 11.9 Å². The summed E-state index contributed by atoms with van der Waals surface area (Å²) in [5, 5.41) is 23.0. The molecule has 0 saturated carbocycles. The molecule has 6 heteroatoms. The van der Waals surface area contributed by atoms with Crippen molar-refractivity contribution in [1.29, 1.82) is 0 Å². The molecule has 0 aliphatic heterocycles. The third-order valence-corrected chi connectivity index (χ3v) is 11.3. The molecule has 0 aromatic rings. The number of amides is 1. The van der Waals surface area contributed by atoms with Gasteiger partial charge in [0, 0.05) is 12.8 Å². The summed E-state index contributed by atoms with van der Waals surface area (Å²) < 4.78 is 5.44. The van der Waals surface area contributed by atoms with E-state index < -0.39 is 12.1 Å². The van der Waals surface area contributed by atoms with Gasteiger partial charge in [-0.15, -0.1) is 0 Å². The lowest BCUT2D eigenvalue weighted by molar-refractivity contribution is -0.143. The average Bonchev–Trinajstić information content (AvgIpc) is 3.24. The lowest BCUT2D eigenvalue weighted by atomic mass is 10.0. The summed E-state index contributed by atoms with van der Waals surface area (Å²) >= 11 is 0. The number of ether oxygens (including phenoxy) is 1. The van der Waals surface area contributed by atoms with Gasteiger partial charge in [0.15, 0.2) is 0 Å². The Kier molecular flexibility index (Phi) is 46.7. The van der Waals surface area contributed by atoms with Crippen molar-refractivity contribution < 1.29 is 24.5 Å². The van der Waals surface area contributed by atoms with Gasteiger partial charge < -0.3 is 20.3 Å². The van der Waals surface area contributed by atoms with Gasteiger partial charge in [0.25, 0.3) is 0 Å². The van der Waals surface area contributed by atoms with E-state index in [0.29, 0.717) is 19.4 Å². The molecule has 0 aliphatic rings. The fourth-order valence-corrected chi connectivity index (χ4v) is 7.35. The topological polar surface area (TPSA) is 95.9 Å². The number of aliphatic hydroxyl groups excluding tert-OH is 2. The minimum atomic E-state index is -0.862. The largest absolute Gasteiger partial charge is 0.466 e. The molecule has 59 heavy (non-hydrogen) atoms. The Morgan fingerprint density at radius 3 is 1.37 bits per heavy atom. The van der Waals surface area contributed by atoms with E-state index in [4.69, 9.17) is 4.74 Å². The molecule has 0 saturated heterocycles. The van der Waals surface area contributed by atoms with E-state index >= 15 is 0 Å². The van der Waals surface area contributed by atoms with Crippen LogP contribution in [0.5, 0.6) is 0 Å². The average molecular weight is 828 g/mol. The predicted molar refractivity (Wildman–Crippen MR) is 255 cm³/mol. The number of nitrogens with one attached hydrogen (secondary N) is 1. The van der Waals surface area contributed by atoms with Crippen LogP contribution in [-0.2, 0) is 14.3 Å². The summed E-state index contributed by atoms with van der Waals surface area (Å²) in [7, 11) is 0. The van der Waals surface area contributed by atoms with Crippen molar-refractivity contribution in [3.63, 3.8) is 0 Å². The van der Waals surface area contributed by atoms with Crippen LogP contribution in [-0.4, -0.2) is 47.4 Å². The molecule has 0 rings (SSSR count).